The number of hydrogen-bond donors (Lipinski definition) is 0. The van der Waals surface area contributed by atoms with Crippen LogP contribution in [0.4, 0.5) is 4.39 Å². The number of carbonyl (C=O) groups is 2. The standard InChI is InChI=1S/C26H19FN2O4/c1-33-26(32)23-22(18-8-4-2-5-9-18)24(19-10-6-3-7-11-19)28-29(25(23)31)16-21(30)17-12-14-20(27)15-13-17/h2-15H,16H2,1H3. The van der Waals surface area contributed by atoms with Gasteiger partial charge in [-0.15, -0.1) is 0 Å². The second-order valence-corrected chi connectivity index (χ2v) is 7.22. The third-order valence-electron chi connectivity index (χ3n) is 5.11. The topological polar surface area (TPSA) is 78.3 Å². The van der Waals surface area contributed by atoms with Gasteiger partial charge in [-0.3, -0.25) is 9.59 Å². The molecule has 6 nitrogen and oxygen atoms in total. The summed E-state index contributed by atoms with van der Waals surface area (Å²) < 4.78 is 19.1. The van der Waals surface area contributed by atoms with Gasteiger partial charge in [-0.25, -0.2) is 13.9 Å². The van der Waals surface area contributed by atoms with Crippen LogP contribution in [-0.2, 0) is 11.3 Å². The zero-order chi connectivity index (χ0) is 23.4. The molecule has 0 aliphatic heterocycles. The van der Waals surface area contributed by atoms with Crippen LogP contribution in [0.1, 0.15) is 20.7 Å². The minimum atomic E-state index is -0.832. The fourth-order valence-electron chi connectivity index (χ4n) is 3.52. The van der Waals surface area contributed by atoms with E-state index in [1.807, 2.05) is 24.3 Å². The lowest BCUT2D eigenvalue weighted by atomic mass is 9.95. The van der Waals surface area contributed by atoms with E-state index in [9.17, 15) is 18.8 Å². The molecule has 0 saturated carbocycles. The van der Waals surface area contributed by atoms with Gasteiger partial charge in [0.1, 0.15) is 17.9 Å². The molecule has 0 bridgehead atoms. The Morgan fingerprint density at radius 1 is 0.879 bits per heavy atom. The number of halogens is 1. The smallest absolute Gasteiger partial charge is 0.344 e. The number of nitrogens with zero attached hydrogens (tertiary/aromatic N) is 2. The van der Waals surface area contributed by atoms with Gasteiger partial charge in [0.2, 0.25) is 0 Å². The predicted octanol–water partition coefficient (Wildman–Crippen LogP) is 4.39. The van der Waals surface area contributed by atoms with E-state index in [0.29, 0.717) is 22.4 Å². The molecule has 33 heavy (non-hydrogen) atoms. The number of methoxy groups -OCH3 is 1. The largest absolute Gasteiger partial charge is 0.465 e. The highest BCUT2D eigenvalue weighted by molar-refractivity contribution is 6.01. The van der Waals surface area contributed by atoms with Crippen LogP contribution in [0.25, 0.3) is 22.4 Å². The van der Waals surface area contributed by atoms with Crippen molar-refractivity contribution in [3.8, 4) is 22.4 Å². The molecule has 0 fully saturated rings. The third-order valence-corrected chi connectivity index (χ3v) is 5.11. The lowest BCUT2D eigenvalue weighted by Crippen LogP contribution is -2.33. The van der Waals surface area contributed by atoms with Crippen LogP contribution in [0.2, 0.25) is 0 Å². The highest BCUT2D eigenvalue weighted by atomic mass is 19.1. The summed E-state index contributed by atoms with van der Waals surface area (Å²) in [7, 11) is 1.19. The molecule has 0 spiro atoms. The van der Waals surface area contributed by atoms with Crippen molar-refractivity contribution in [3.05, 3.63) is 112 Å². The summed E-state index contributed by atoms with van der Waals surface area (Å²) in [5.41, 5.74) is 1.19. The number of benzene rings is 3. The number of rotatable bonds is 6. The summed E-state index contributed by atoms with van der Waals surface area (Å²) in [5.74, 6) is -1.76. The van der Waals surface area contributed by atoms with E-state index in [0.717, 1.165) is 16.8 Å². The van der Waals surface area contributed by atoms with Crippen molar-refractivity contribution in [3.63, 3.8) is 0 Å². The summed E-state index contributed by atoms with van der Waals surface area (Å²) in [6.07, 6.45) is 0. The average molecular weight is 442 g/mol. The van der Waals surface area contributed by atoms with E-state index in [4.69, 9.17) is 4.74 Å². The Balaban J connectivity index is 1.95. The van der Waals surface area contributed by atoms with Crippen molar-refractivity contribution in [2.75, 3.05) is 7.11 Å². The van der Waals surface area contributed by atoms with Crippen LogP contribution in [0.15, 0.2) is 89.7 Å². The Hall–Kier alpha value is -4.39. The van der Waals surface area contributed by atoms with E-state index < -0.39 is 29.7 Å². The van der Waals surface area contributed by atoms with Crippen LogP contribution in [0.5, 0.6) is 0 Å². The molecular weight excluding hydrogens is 423 g/mol. The number of esters is 1. The molecule has 3 aromatic carbocycles. The highest BCUT2D eigenvalue weighted by Crippen LogP contribution is 2.32. The molecule has 0 aliphatic rings. The number of carbonyl (C=O) groups excluding carboxylic acids is 2. The highest BCUT2D eigenvalue weighted by Gasteiger charge is 2.26. The Bertz CT molecular complexity index is 1370. The Morgan fingerprint density at radius 3 is 2.03 bits per heavy atom. The van der Waals surface area contributed by atoms with E-state index in [2.05, 4.69) is 5.10 Å². The lowest BCUT2D eigenvalue weighted by molar-refractivity contribution is 0.0597. The van der Waals surface area contributed by atoms with Crippen LogP contribution < -0.4 is 5.56 Å². The molecule has 7 heteroatoms. The second kappa shape index (κ2) is 9.40. The van der Waals surface area contributed by atoms with Gasteiger partial charge < -0.3 is 4.74 Å². The molecule has 4 rings (SSSR count). The fraction of sp³-hybridized carbons (Fsp3) is 0.0769. The summed E-state index contributed by atoms with van der Waals surface area (Å²) in [4.78, 5) is 38.9. The maximum atomic E-state index is 13.4. The first-order chi connectivity index (χ1) is 16.0. The van der Waals surface area contributed by atoms with Gasteiger partial charge in [-0.2, -0.15) is 5.10 Å². The van der Waals surface area contributed by atoms with Crippen LogP contribution in [-0.4, -0.2) is 28.6 Å². The molecule has 0 aliphatic carbocycles. The van der Waals surface area contributed by atoms with Gasteiger partial charge in [0.25, 0.3) is 5.56 Å². The van der Waals surface area contributed by atoms with E-state index >= 15 is 0 Å². The van der Waals surface area contributed by atoms with Crippen molar-refractivity contribution < 1.29 is 18.7 Å². The Labute approximate surface area is 188 Å². The molecule has 0 saturated heterocycles. The van der Waals surface area contributed by atoms with E-state index in [-0.39, 0.29) is 11.1 Å². The number of aromatic nitrogens is 2. The monoisotopic (exact) mass is 442 g/mol. The summed E-state index contributed by atoms with van der Waals surface area (Å²) >= 11 is 0. The molecule has 0 N–H and O–H groups in total. The van der Waals surface area contributed by atoms with Gasteiger partial charge in [0.15, 0.2) is 5.78 Å². The molecule has 1 heterocycles. The number of hydrogen-bond acceptors (Lipinski definition) is 5. The first-order valence-electron chi connectivity index (χ1n) is 10.1. The molecular formula is C26H19FN2O4. The lowest BCUT2D eigenvalue weighted by Gasteiger charge is -2.16. The Kier molecular flexibility index (Phi) is 6.22. The second-order valence-electron chi connectivity index (χ2n) is 7.22. The van der Waals surface area contributed by atoms with Crippen molar-refractivity contribution in [1.29, 1.82) is 0 Å². The van der Waals surface area contributed by atoms with Crippen molar-refractivity contribution in [1.82, 2.24) is 9.78 Å². The minimum Gasteiger partial charge on any atom is -0.465 e. The maximum Gasteiger partial charge on any atom is 0.344 e. The third kappa shape index (κ3) is 4.48. The zero-order valence-electron chi connectivity index (χ0n) is 17.7. The normalized spacial score (nSPS) is 10.6. The van der Waals surface area contributed by atoms with Gasteiger partial charge >= 0.3 is 5.97 Å². The Morgan fingerprint density at radius 2 is 1.45 bits per heavy atom. The SMILES string of the molecule is COC(=O)c1c(-c2ccccc2)c(-c2ccccc2)nn(CC(=O)c2ccc(F)cc2)c1=O. The molecule has 0 amide bonds. The van der Waals surface area contributed by atoms with Gasteiger partial charge in [-0.1, -0.05) is 60.7 Å². The summed E-state index contributed by atoms with van der Waals surface area (Å²) in [6, 6.07) is 23.0. The van der Waals surface area contributed by atoms with Crippen LogP contribution in [0, 0.1) is 5.82 Å². The molecule has 4 aromatic rings. The molecule has 164 valence electrons. The number of Topliss-reactive ketones (excluding diaryl/α,β-unsaturated/α-hetero) is 1. The molecule has 0 radical (unpaired) electrons. The van der Waals surface area contributed by atoms with E-state index in [1.165, 1.54) is 19.2 Å². The quantitative estimate of drug-likeness (QED) is 0.327. The van der Waals surface area contributed by atoms with E-state index in [1.54, 1.807) is 36.4 Å². The van der Waals surface area contributed by atoms with Gasteiger partial charge in [0, 0.05) is 16.7 Å². The zero-order valence-corrected chi connectivity index (χ0v) is 17.7. The molecule has 0 atom stereocenters. The first-order valence-corrected chi connectivity index (χ1v) is 10.1. The van der Waals surface area contributed by atoms with Gasteiger partial charge in [-0.05, 0) is 29.8 Å². The summed E-state index contributed by atoms with van der Waals surface area (Å²) in [6.45, 7) is -0.427. The van der Waals surface area contributed by atoms with Crippen LogP contribution >= 0.6 is 0 Å². The summed E-state index contributed by atoms with van der Waals surface area (Å²) in [5, 5.41) is 4.48. The van der Waals surface area contributed by atoms with Crippen molar-refractivity contribution in [2.45, 2.75) is 6.54 Å². The average Bonchev–Trinajstić information content (AvgIpc) is 2.85. The number of ether oxygens (including phenoxy) is 1. The van der Waals surface area contributed by atoms with Crippen molar-refractivity contribution in [2.24, 2.45) is 0 Å². The molecule has 1 aromatic heterocycles. The first kappa shape index (κ1) is 21.8. The van der Waals surface area contributed by atoms with Crippen molar-refractivity contribution >= 4 is 11.8 Å². The molecule has 0 unspecified atom stereocenters. The fourth-order valence-corrected chi connectivity index (χ4v) is 3.52. The minimum absolute atomic E-state index is 0.218. The van der Waals surface area contributed by atoms with Gasteiger partial charge in [0.05, 0.1) is 12.8 Å². The predicted molar refractivity (Wildman–Crippen MR) is 121 cm³/mol. The number of ketones is 1. The maximum absolute atomic E-state index is 13.4. The van der Waals surface area contributed by atoms with Crippen LogP contribution in [0.3, 0.4) is 0 Å².